The second kappa shape index (κ2) is 14.9. The highest BCUT2D eigenvalue weighted by Crippen LogP contribution is 2.54. The van der Waals surface area contributed by atoms with Crippen molar-refractivity contribution in [2.45, 2.75) is 38.5 Å². The van der Waals surface area contributed by atoms with Gasteiger partial charge in [0.1, 0.15) is 0 Å². The number of hydrogen-bond acceptors (Lipinski definition) is 1. The molecule has 0 saturated carbocycles. The van der Waals surface area contributed by atoms with Crippen molar-refractivity contribution in [3.8, 4) is 66.8 Å². The van der Waals surface area contributed by atoms with Crippen molar-refractivity contribution in [3.05, 3.63) is 247 Å². The molecular weight excluding hydrogens is 783 g/mol. The maximum atomic E-state index is 2.48. The van der Waals surface area contributed by atoms with E-state index in [4.69, 9.17) is 0 Å². The summed E-state index contributed by atoms with van der Waals surface area (Å²) in [6.45, 7) is 9.58. The van der Waals surface area contributed by atoms with Crippen LogP contribution in [-0.2, 0) is 10.8 Å². The zero-order valence-corrected chi connectivity index (χ0v) is 37.3. The highest BCUT2D eigenvalue weighted by atomic mass is 15.1. The molecule has 310 valence electrons. The second-order valence-corrected chi connectivity index (χ2v) is 19.0. The average Bonchev–Trinajstić information content (AvgIpc) is 3.72. The molecule has 2 aliphatic rings. The quantitative estimate of drug-likeness (QED) is 0.155. The standard InChI is InChI=1S/C64H49N/c1-63(2)59-38-50(47-23-19-45(20-24-47)42-13-7-5-8-14-42)28-33-55(59)57-35-31-53(40-61(57)63)65(52-30-27-44-17-11-12-18-49(44)37-52)54-32-36-58-56-34-29-51(39-60(56)64(3,4)62(58)41-54)48-25-21-46(22-26-48)43-15-9-6-10-16-43/h5-41H,1-4H3. The van der Waals surface area contributed by atoms with E-state index in [1.165, 1.54) is 99.8 Å². The minimum Gasteiger partial charge on any atom is -0.310 e. The zero-order valence-electron chi connectivity index (χ0n) is 37.3. The smallest absolute Gasteiger partial charge is 0.0468 e. The Morgan fingerprint density at radius 1 is 0.246 bits per heavy atom. The van der Waals surface area contributed by atoms with Crippen molar-refractivity contribution in [1.82, 2.24) is 0 Å². The van der Waals surface area contributed by atoms with Crippen molar-refractivity contribution in [3.63, 3.8) is 0 Å². The molecule has 0 fully saturated rings. The number of nitrogens with zero attached hydrogens (tertiary/aromatic N) is 1. The van der Waals surface area contributed by atoms with Gasteiger partial charge >= 0.3 is 0 Å². The number of fused-ring (bicyclic) bond motifs is 7. The highest BCUT2D eigenvalue weighted by Gasteiger charge is 2.38. The van der Waals surface area contributed by atoms with E-state index in [1.54, 1.807) is 0 Å². The first-order chi connectivity index (χ1) is 31.7. The molecule has 10 aromatic carbocycles. The van der Waals surface area contributed by atoms with Gasteiger partial charge in [0.05, 0.1) is 0 Å². The SMILES string of the molecule is CC1(C)c2cc(-c3ccc(-c4ccccc4)cc3)ccc2-c2ccc(N(c3ccc4c(c3)C(C)(C)c3cc(-c5ccc(-c6ccccc6)cc5)ccc3-4)c3ccc4ccccc4c3)cc21. The molecule has 0 aromatic heterocycles. The molecule has 12 rings (SSSR count). The van der Waals surface area contributed by atoms with Gasteiger partial charge in [0.2, 0.25) is 0 Å². The number of benzene rings is 10. The Balaban J connectivity index is 0.915. The van der Waals surface area contributed by atoms with Gasteiger partial charge in [-0.05, 0) is 148 Å². The molecule has 0 N–H and O–H groups in total. The predicted molar refractivity (Wildman–Crippen MR) is 276 cm³/mol. The molecule has 0 amide bonds. The van der Waals surface area contributed by atoms with E-state index in [-0.39, 0.29) is 10.8 Å². The summed E-state index contributed by atoms with van der Waals surface area (Å²) in [6.07, 6.45) is 0. The Labute approximate surface area is 383 Å². The molecule has 0 radical (unpaired) electrons. The van der Waals surface area contributed by atoms with Crippen LogP contribution in [0.1, 0.15) is 49.9 Å². The van der Waals surface area contributed by atoms with Crippen LogP contribution < -0.4 is 4.90 Å². The highest BCUT2D eigenvalue weighted by molar-refractivity contribution is 5.93. The molecule has 2 aliphatic carbocycles. The Morgan fingerprint density at radius 3 is 1.00 bits per heavy atom. The number of rotatable bonds is 7. The molecule has 1 heteroatoms. The third-order valence-electron chi connectivity index (χ3n) is 14.5. The summed E-state index contributed by atoms with van der Waals surface area (Å²) in [5.41, 5.74) is 23.7. The fourth-order valence-electron chi connectivity index (χ4n) is 10.8. The molecule has 10 aromatic rings. The van der Waals surface area contributed by atoms with Gasteiger partial charge in [-0.15, -0.1) is 0 Å². The lowest BCUT2D eigenvalue weighted by atomic mass is 9.81. The van der Waals surface area contributed by atoms with Crippen molar-refractivity contribution >= 4 is 27.8 Å². The van der Waals surface area contributed by atoms with E-state index in [2.05, 4.69) is 257 Å². The van der Waals surface area contributed by atoms with Crippen LogP contribution >= 0.6 is 0 Å². The molecule has 0 bridgehead atoms. The summed E-state index contributed by atoms with van der Waals surface area (Å²) < 4.78 is 0. The normalized spacial score (nSPS) is 13.8. The fourth-order valence-corrected chi connectivity index (χ4v) is 10.8. The van der Waals surface area contributed by atoms with Gasteiger partial charge in [0, 0.05) is 27.9 Å². The maximum Gasteiger partial charge on any atom is 0.0468 e. The zero-order chi connectivity index (χ0) is 43.9. The summed E-state index contributed by atoms with van der Waals surface area (Å²) in [5.74, 6) is 0. The molecule has 65 heavy (non-hydrogen) atoms. The maximum absolute atomic E-state index is 2.48. The molecule has 0 unspecified atom stereocenters. The Kier molecular flexibility index (Phi) is 8.94. The first-order valence-electron chi connectivity index (χ1n) is 22.9. The average molecular weight is 832 g/mol. The van der Waals surface area contributed by atoms with E-state index in [9.17, 15) is 0 Å². The lowest BCUT2D eigenvalue weighted by Crippen LogP contribution is -2.18. The van der Waals surface area contributed by atoms with Crippen molar-refractivity contribution < 1.29 is 0 Å². The van der Waals surface area contributed by atoms with Gasteiger partial charge in [-0.3, -0.25) is 0 Å². The topological polar surface area (TPSA) is 3.24 Å². The van der Waals surface area contributed by atoms with Crippen LogP contribution in [0.3, 0.4) is 0 Å². The van der Waals surface area contributed by atoms with Crippen LogP contribution in [-0.4, -0.2) is 0 Å². The summed E-state index contributed by atoms with van der Waals surface area (Å²) in [7, 11) is 0. The van der Waals surface area contributed by atoms with Crippen molar-refractivity contribution in [2.75, 3.05) is 4.90 Å². The molecule has 0 heterocycles. The van der Waals surface area contributed by atoms with E-state index in [0.29, 0.717) is 0 Å². The predicted octanol–water partition coefficient (Wildman–Crippen LogP) is 17.6. The van der Waals surface area contributed by atoms with Crippen LogP contribution in [0.2, 0.25) is 0 Å². The van der Waals surface area contributed by atoms with Gasteiger partial charge in [0.15, 0.2) is 0 Å². The van der Waals surface area contributed by atoms with Crippen LogP contribution in [0.5, 0.6) is 0 Å². The largest absolute Gasteiger partial charge is 0.310 e. The number of hydrogen-bond donors (Lipinski definition) is 0. The summed E-state index contributed by atoms with van der Waals surface area (Å²) >= 11 is 0. The Bertz CT molecular complexity index is 3250. The van der Waals surface area contributed by atoms with Crippen LogP contribution in [0.15, 0.2) is 224 Å². The van der Waals surface area contributed by atoms with E-state index >= 15 is 0 Å². The molecule has 0 spiro atoms. The summed E-state index contributed by atoms with van der Waals surface area (Å²) in [5, 5.41) is 2.47. The third-order valence-corrected chi connectivity index (χ3v) is 14.5. The molecule has 0 saturated heterocycles. The summed E-state index contributed by atoms with van der Waals surface area (Å²) in [4.78, 5) is 2.48. The van der Waals surface area contributed by atoms with Gasteiger partial charge in [0.25, 0.3) is 0 Å². The second-order valence-electron chi connectivity index (χ2n) is 19.0. The van der Waals surface area contributed by atoms with Gasteiger partial charge < -0.3 is 4.90 Å². The Morgan fingerprint density at radius 2 is 0.554 bits per heavy atom. The van der Waals surface area contributed by atoms with E-state index in [0.717, 1.165) is 17.1 Å². The van der Waals surface area contributed by atoms with E-state index < -0.39 is 0 Å². The molecule has 0 aliphatic heterocycles. The fraction of sp³-hybridized carbons (Fsp3) is 0.0938. The van der Waals surface area contributed by atoms with Crippen LogP contribution in [0, 0.1) is 0 Å². The van der Waals surface area contributed by atoms with Gasteiger partial charge in [-0.2, -0.15) is 0 Å². The minimum atomic E-state index is -0.198. The third kappa shape index (κ3) is 6.45. The van der Waals surface area contributed by atoms with Crippen molar-refractivity contribution in [2.24, 2.45) is 0 Å². The van der Waals surface area contributed by atoms with E-state index in [1.807, 2.05) is 0 Å². The van der Waals surface area contributed by atoms with Crippen LogP contribution in [0.25, 0.3) is 77.5 Å². The molecule has 1 nitrogen and oxygen atoms in total. The Hall–Kier alpha value is -7.74. The number of anilines is 3. The minimum absolute atomic E-state index is 0.198. The first kappa shape index (κ1) is 38.9. The molecular formula is C64H49N. The monoisotopic (exact) mass is 831 g/mol. The van der Waals surface area contributed by atoms with Gasteiger partial charge in [-0.1, -0.05) is 204 Å². The lowest BCUT2D eigenvalue weighted by molar-refractivity contribution is 0.660. The van der Waals surface area contributed by atoms with Crippen LogP contribution in [0.4, 0.5) is 17.1 Å². The molecule has 0 atom stereocenters. The lowest BCUT2D eigenvalue weighted by Gasteiger charge is -2.30. The first-order valence-corrected chi connectivity index (χ1v) is 22.9. The van der Waals surface area contributed by atoms with Crippen molar-refractivity contribution in [1.29, 1.82) is 0 Å². The summed E-state index contributed by atoms with van der Waals surface area (Å²) in [6, 6.07) is 83.3. The van der Waals surface area contributed by atoms with Gasteiger partial charge in [-0.25, -0.2) is 0 Å².